The van der Waals surface area contributed by atoms with Gasteiger partial charge in [0.1, 0.15) is 10.8 Å². The highest BCUT2D eigenvalue weighted by atomic mass is 32.1. The lowest BCUT2D eigenvalue weighted by Crippen LogP contribution is -1.97. The first-order valence-electron chi connectivity index (χ1n) is 4.63. The summed E-state index contributed by atoms with van der Waals surface area (Å²) in [6.45, 7) is 2.44. The van der Waals surface area contributed by atoms with Gasteiger partial charge in [-0.15, -0.1) is 11.3 Å². The van der Waals surface area contributed by atoms with Crippen LogP contribution < -0.4 is 5.73 Å². The second-order valence-electron chi connectivity index (χ2n) is 3.23. The molecule has 78 valence electrons. The van der Waals surface area contributed by atoms with Gasteiger partial charge in [-0.05, 0) is 31.2 Å². The molecule has 2 rings (SSSR count). The van der Waals surface area contributed by atoms with Crippen LogP contribution in [0.25, 0.3) is 10.6 Å². The average molecular weight is 222 g/mol. The number of hydrogen-bond donors (Lipinski definition) is 1. The number of benzene rings is 1. The molecule has 0 aliphatic rings. The number of nitrogens with zero attached hydrogens (tertiary/aromatic N) is 1. The van der Waals surface area contributed by atoms with Crippen molar-refractivity contribution in [2.75, 3.05) is 0 Å². The number of thiazole rings is 1. The van der Waals surface area contributed by atoms with E-state index in [1.54, 1.807) is 23.5 Å². The standard InChI is InChI=1S/C11H11FN2S/c1-7-10(6-13)14-11(15-7)8-2-4-9(12)5-3-8/h2-5H,6,13H2,1H3. The number of aromatic nitrogens is 1. The molecule has 0 fully saturated rings. The molecule has 0 amide bonds. The Morgan fingerprint density at radius 3 is 2.53 bits per heavy atom. The predicted molar refractivity (Wildman–Crippen MR) is 60.1 cm³/mol. The Balaban J connectivity index is 2.41. The maximum atomic E-state index is 12.7. The minimum atomic E-state index is -0.230. The second kappa shape index (κ2) is 4.08. The van der Waals surface area contributed by atoms with Gasteiger partial charge in [-0.1, -0.05) is 0 Å². The third-order valence-corrected chi connectivity index (χ3v) is 3.24. The summed E-state index contributed by atoms with van der Waals surface area (Å²) in [6.07, 6.45) is 0. The Morgan fingerprint density at radius 2 is 2.00 bits per heavy atom. The fourth-order valence-electron chi connectivity index (χ4n) is 1.33. The van der Waals surface area contributed by atoms with Gasteiger partial charge in [0.05, 0.1) is 5.69 Å². The van der Waals surface area contributed by atoms with Crippen LogP contribution in [0.3, 0.4) is 0 Å². The van der Waals surface area contributed by atoms with Gasteiger partial charge in [0.15, 0.2) is 0 Å². The summed E-state index contributed by atoms with van der Waals surface area (Å²) < 4.78 is 12.7. The Bertz CT molecular complexity index is 462. The lowest BCUT2D eigenvalue weighted by molar-refractivity contribution is 0.628. The Labute approximate surface area is 91.6 Å². The maximum absolute atomic E-state index is 12.7. The third kappa shape index (κ3) is 2.06. The molecule has 0 aliphatic heterocycles. The Kier molecular flexibility index (Phi) is 2.79. The molecule has 2 nitrogen and oxygen atoms in total. The molecule has 4 heteroatoms. The molecule has 15 heavy (non-hydrogen) atoms. The fraction of sp³-hybridized carbons (Fsp3) is 0.182. The zero-order valence-electron chi connectivity index (χ0n) is 8.33. The number of hydrogen-bond acceptors (Lipinski definition) is 3. The number of halogens is 1. The minimum absolute atomic E-state index is 0.230. The highest BCUT2D eigenvalue weighted by Gasteiger charge is 2.07. The van der Waals surface area contributed by atoms with Gasteiger partial charge in [-0.3, -0.25) is 0 Å². The van der Waals surface area contributed by atoms with Crippen molar-refractivity contribution in [3.63, 3.8) is 0 Å². The van der Waals surface area contributed by atoms with Crippen molar-refractivity contribution in [2.45, 2.75) is 13.5 Å². The topological polar surface area (TPSA) is 38.9 Å². The first kappa shape index (κ1) is 10.3. The van der Waals surface area contributed by atoms with E-state index in [4.69, 9.17) is 5.73 Å². The molecule has 0 aliphatic carbocycles. The van der Waals surface area contributed by atoms with Crippen molar-refractivity contribution in [1.82, 2.24) is 4.98 Å². The Hall–Kier alpha value is -1.26. The zero-order chi connectivity index (χ0) is 10.8. The van der Waals surface area contributed by atoms with E-state index < -0.39 is 0 Å². The lowest BCUT2D eigenvalue weighted by Gasteiger charge is -1.94. The van der Waals surface area contributed by atoms with Crippen molar-refractivity contribution >= 4 is 11.3 Å². The molecular weight excluding hydrogens is 211 g/mol. The van der Waals surface area contributed by atoms with Crippen LogP contribution in [0, 0.1) is 12.7 Å². The SMILES string of the molecule is Cc1sc(-c2ccc(F)cc2)nc1CN. The van der Waals surface area contributed by atoms with Crippen LogP contribution in [0.2, 0.25) is 0 Å². The van der Waals surface area contributed by atoms with E-state index in [1.165, 1.54) is 12.1 Å². The summed E-state index contributed by atoms with van der Waals surface area (Å²) in [7, 11) is 0. The summed E-state index contributed by atoms with van der Waals surface area (Å²) >= 11 is 1.58. The minimum Gasteiger partial charge on any atom is -0.325 e. The van der Waals surface area contributed by atoms with E-state index in [-0.39, 0.29) is 5.82 Å². The van der Waals surface area contributed by atoms with Gasteiger partial charge in [0.25, 0.3) is 0 Å². The lowest BCUT2D eigenvalue weighted by atomic mass is 10.2. The van der Waals surface area contributed by atoms with Crippen molar-refractivity contribution in [1.29, 1.82) is 0 Å². The van der Waals surface area contributed by atoms with Crippen molar-refractivity contribution < 1.29 is 4.39 Å². The predicted octanol–water partition coefficient (Wildman–Crippen LogP) is 2.72. The van der Waals surface area contributed by atoms with Crippen LogP contribution in [0.15, 0.2) is 24.3 Å². The molecular formula is C11H11FN2S. The highest BCUT2D eigenvalue weighted by Crippen LogP contribution is 2.27. The number of aryl methyl sites for hydroxylation is 1. The van der Waals surface area contributed by atoms with Crippen LogP contribution >= 0.6 is 11.3 Å². The van der Waals surface area contributed by atoms with Crippen LogP contribution in [-0.4, -0.2) is 4.98 Å². The van der Waals surface area contributed by atoms with Gasteiger partial charge < -0.3 is 5.73 Å². The number of nitrogens with two attached hydrogens (primary N) is 1. The first-order chi connectivity index (χ1) is 7.20. The van der Waals surface area contributed by atoms with E-state index in [1.807, 2.05) is 6.92 Å². The van der Waals surface area contributed by atoms with E-state index >= 15 is 0 Å². The molecule has 2 N–H and O–H groups in total. The maximum Gasteiger partial charge on any atom is 0.123 e. The van der Waals surface area contributed by atoms with Gasteiger partial charge in [0.2, 0.25) is 0 Å². The van der Waals surface area contributed by atoms with E-state index in [0.29, 0.717) is 6.54 Å². The summed E-state index contributed by atoms with van der Waals surface area (Å²) in [5.74, 6) is -0.230. The van der Waals surface area contributed by atoms with Gasteiger partial charge in [0, 0.05) is 17.0 Å². The van der Waals surface area contributed by atoms with Gasteiger partial charge in [-0.2, -0.15) is 0 Å². The number of rotatable bonds is 2. The molecule has 0 saturated heterocycles. The molecule has 1 aromatic carbocycles. The highest BCUT2D eigenvalue weighted by molar-refractivity contribution is 7.15. The normalized spacial score (nSPS) is 10.6. The van der Waals surface area contributed by atoms with E-state index in [9.17, 15) is 4.39 Å². The summed E-state index contributed by atoms with van der Waals surface area (Å²) in [5, 5.41) is 0.896. The third-order valence-electron chi connectivity index (χ3n) is 2.18. The molecule has 1 aromatic heterocycles. The second-order valence-corrected chi connectivity index (χ2v) is 4.44. The molecule has 0 atom stereocenters. The zero-order valence-corrected chi connectivity index (χ0v) is 9.14. The van der Waals surface area contributed by atoms with Crippen molar-refractivity contribution in [3.05, 3.63) is 40.7 Å². The van der Waals surface area contributed by atoms with Crippen molar-refractivity contribution in [3.8, 4) is 10.6 Å². The first-order valence-corrected chi connectivity index (χ1v) is 5.44. The molecule has 0 unspecified atom stereocenters. The van der Waals surface area contributed by atoms with Crippen LogP contribution in [-0.2, 0) is 6.54 Å². The van der Waals surface area contributed by atoms with Gasteiger partial charge in [-0.25, -0.2) is 9.37 Å². The average Bonchev–Trinajstić information content (AvgIpc) is 2.61. The van der Waals surface area contributed by atoms with E-state index in [2.05, 4.69) is 4.98 Å². The molecule has 0 spiro atoms. The smallest absolute Gasteiger partial charge is 0.123 e. The monoisotopic (exact) mass is 222 g/mol. The fourth-order valence-corrected chi connectivity index (χ4v) is 2.28. The molecule has 1 heterocycles. The van der Waals surface area contributed by atoms with Crippen molar-refractivity contribution in [2.24, 2.45) is 5.73 Å². The van der Waals surface area contributed by atoms with Crippen LogP contribution in [0.5, 0.6) is 0 Å². The quantitative estimate of drug-likeness (QED) is 0.848. The van der Waals surface area contributed by atoms with Gasteiger partial charge >= 0.3 is 0 Å². The van der Waals surface area contributed by atoms with Crippen LogP contribution in [0.1, 0.15) is 10.6 Å². The van der Waals surface area contributed by atoms with Crippen LogP contribution in [0.4, 0.5) is 4.39 Å². The molecule has 0 radical (unpaired) electrons. The summed E-state index contributed by atoms with van der Waals surface area (Å²) in [4.78, 5) is 5.52. The Morgan fingerprint density at radius 1 is 1.33 bits per heavy atom. The molecule has 2 aromatic rings. The summed E-state index contributed by atoms with van der Waals surface area (Å²) in [6, 6.07) is 6.34. The van der Waals surface area contributed by atoms with E-state index in [0.717, 1.165) is 21.1 Å². The largest absolute Gasteiger partial charge is 0.325 e. The molecule has 0 saturated carbocycles. The molecule has 0 bridgehead atoms. The summed E-state index contributed by atoms with van der Waals surface area (Å²) in [5.41, 5.74) is 7.40.